The van der Waals surface area contributed by atoms with Crippen LogP contribution in [0, 0.1) is 0 Å². The van der Waals surface area contributed by atoms with Gasteiger partial charge < -0.3 is 25.7 Å². The summed E-state index contributed by atoms with van der Waals surface area (Å²) in [5.74, 6) is -0.244. The first-order valence-electron chi connectivity index (χ1n) is 8.19. The number of H-pyrrole nitrogens is 2. The molecule has 1 aromatic carbocycles. The number of benzene rings is 1. The smallest absolute Gasteiger partial charge is 0.323 e. The van der Waals surface area contributed by atoms with Gasteiger partial charge in [-0.05, 0) is 18.2 Å². The lowest BCUT2D eigenvalue weighted by molar-refractivity contribution is -0.134. The molecule has 1 amide bonds. The number of carbonyl (C=O) groups is 1. The molecule has 10 nitrogen and oxygen atoms in total. The van der Waals surface area contributed by atoms with Gasteiger partial charge in [0, 0.05) is 32.7 Å². The van der Waals surface area contributed by atoms with Crippen molar-refractivity contribution in [3.63, 3.8) is 0 Å². The summed E-state index contributed by atoms with van der Waals surface area (Å²) < 4.78 is 26.9. The number of sulfonamides is 1. The summed E-state index contributed by atoms with van der Waals surface area (Å²) in [6.45, 7) is 0.823. The van der Waals surface area contributed by atoms with Crippen molar-refractivity contribution in [3.05, 3.63) is 28.7 Å². The minimum atomic E-state index is -3.73. The highest BCUT2D eigenvalue weighted by Gasteiger charge is 2.30. The van der Waals surface area contributed by atoms with Crippen molar-refractivity contribution < 1.29 is 18.3 Å². The fourth-order valence-electron chi connectivity index (χ4n) is 2.91. The van der Waals surface area contributed by atoms with Gasteiger partial charge in [-0.1, -0.05) is 0 Å². The van der Waals surface area contributed by atoms with Crippen LogP contribution in [0.15, 0.2) is 27.9 Å². The summed E-state index contributed by atoms with van der Waals surface area (Å²) in [4.78, 5) is 30.1. The van der Waals surface area contributed by atoms with E-state index >= 15 is 0 Å². The van der Waals surface area contributed by atoms with Crippen molar-refractivity contribution in [3.8, 4) is 0 Å². The van der Waals surface area contributed by atoms with Crippen molar-refractivity contribution in [2.45, 2.75) is 17.4 Å². The summed E-state index contributed by atoms with van der Waals surface area (Å²) >= 11 is 0. The molecule has 2 heterocycles. The monoisotopic (exact) mass is 383 g/mol. The molecular formula is C15H21N5O5S. The molecule has 1 aliphatic rings. The third-order valence-corrected chi connectivity index (χ3v) is 6.29. The van der Waals surface area contributed by atoms with Crippen LogP contribution in [0.2, 0.25) is 0 Å². The maximum atomic E-state index is 12.8. The molecule has 3 rings (SSSR count). The number of aliphatic hydroxyl groups is 1. The van der Waals surface area contributed by atoms with Crippen molar-refractivity contribution in [2.75, 3.05) is 32.7 Å². The zero-order valence-electron chi connectivity index (χ0n) is 14.0. The number of imidazole rings is 1. The summed E-state index contributed by atoms with van der Waals surface area (Å²) in [7, 11) is -3.73. The van der Waals surface area contributed by atoms with Gasteiger partial charge in [-0.15, -0.1) is 0 Å². The lowest BCUT2D eigenvalue weighted by Crippen LogP contribution is -2.51. The van der Waals surface area contributed by atoms with Gasteiger partial charge >= 0.3 is 5.69 Å². The van der Waals surface area contributed by atoms with E-state index in [1.807, 2.05) is 0 Å². The molecule has 0 spiro atoms. The number of nitrogens with two attached hydrogens (primary N) is 1. The number of nitrogens with zero attached hydrogens (tertiary/aromatic N) is 2. The highest BCUT2D eigenvalue weighted by molar-refractivity contribution is 7.89. The highest BCUT2D eigenvalue weighted by atomic mass is 32.2. The summed E-state index contributed by atoms with van der Waals surface area (Å²) in [6.07, 6.45) is -0.958. The maximum absolute atomic E-state index is 12.8. The Kier molecular flexibility index (Phi) is 5.14. The number of aromatic amines is 2. The van der Waals surface area contributed by atoms with Crippen LogP contribution >= 0.6 is 0 Å². The fourth-order valence-corrected chi connectivity index (χ4v) is 4.36. The minimum Gasteiger partial charge on any atom is -0.391 e. The predicted molar refractivity (Wildman–Crippen MR) is 93.9 cm³/mol. The quantitative estimate of drug-likeness (QED) is 0.488. The number of amides is 1. The normalized spacial score (nSPS) is 17.5. The molecule has 0 radical (unpaired) electrons. The molecule has 1 saturated heterocycles. The first-order chi connectivity index (χ1) is 12.3. The Bertz CT molecular complexity index is 958. The van der Waals surface area contributed by atoms with Gasteiger partial charge in [0.15, 0.2) is 0 Å². The van der Waals surface area contributed by atoms with E-state index in [0.29, 0.717) is 11.0 Å². The molecule has 0 bridgehead atoms. The number of hydrogen-bond donors (Lipinski definition) is 4. The molecule has 26 heavy (non-hydrogen) atoms. The fraction of sp³-hybridized carbons (Fsp3) is 0.467. The Morgan fingerprint density at radius 2 is 1.85 bits per heavy atom. The van der Waals surface area contributed by atoms with Crippen LogP contribution in [0.3, 0.4) is 0 Å². The van der Waals surface area contributed by atoms with Gasteiger partial charge in [0.05, 0.1) is 28.5 Å². The Hall–Kier alpha value is -2.21. The van der Waals surface area contributed by atoms with Gasteiger partial charge in [-0.2, -0.15) is 4.31 Å². The average molecular weight is 383 g/mol. The molecule has 0 aliphatic carbocycles. The molecule has 1 unspecified atom stereocenters. The maximum Gasteiger partial charge on any atom is 0.323 e. The number of fused-ring (bicyclic) bond motifs is 1. The summed E-state index contributed by atoms with van der Waals surface area (Å²) in [6, 6.07) is 4.39. The number of nitrogens with one attached hydrogen (secondary N) is 2. The highest BCUT2D eigenvalue weighted by Crippen LogP contribution is 2.21. The van der Waals surface area contributed by atoms with Crippen molar-refractivity contribution >= 4 is 27.0 Å². The summed E-state index contributed by atoms with van der Waals surface area (Å²) in [5.41, 5.74) is 5.85. The molecule has 5 N–H and O–H groups in total. The van der Waals surface area contributed by atoms with Crippen LogP contribution in [-0.2, 0) is 14.8 Å². The average Bonchev–Trinajstić information content (AvgIpc) is 3.00. The van der Waals surface area contributed by atoms with Crippen LogP contribution in [0.25, 0.3) is 11.0 Å². The van der Waals surface area contributed by atoms with E-state index in [1.165, 1.54) is 27.4 Å². The van der Waals surface area contributed by atoms with E-state index in [4.69, 9.17) is 5.73 Å². The number of piperazine rings is 1. The van der Waals surface area contributed by atoms with Crippen LogP contribution in [0.5, 0.6) is 0 Å². The topological polar surface area (TPSA) is 153 Å². The zero-order valence-corrected chi connectivity index (χ0v) is 14.8. The Morgan fingerprint density at radius 1 is 1.19 bits per heavy atom. The van der Waals surface area contributed by atoms with Crippen molar-refractivity contribution in [1.82, 2.24) is 19.2 Å². The van der Waals surface area contributed by atoms with Crippen LogP contribution in [-0.4, -0.2) is 77.4 Å². The lowest BCUT2D eigenvalue weighted by atomic mass is 10.2. The van der Waals surface area contributed by atoms with E-state index in [-0.39, 0.29) is 49.9 Å². The van der Waals surface area contributed by atoms with E-state index < -0.39 is 21.8 Å². The predicted octanol–water partition coefficient (Wildman–Crippen LogP) is -1.60. The zero-order chi connectivity index (χ0) is 18.9. The summed E-state index contributed by atoms with van der Waals surface area (Å²) in [5, 5.41) is 9.47. The second kappa shape index (κ2) is 7.19. The van der Waals surface area contributed by atoms with Gasteiger partial charge in [0.2, 0.25) is 15.9 Å². The molecule has 2 aromatic rings. The number of aliphatic hydroxyl groups excluding tert-OH is 1. The standard InChI is InChI=1S/C15H21N5O5S/c16-9-10(21)7-14(22)19-3-5-20(6-4-19)26(24,25)11-1-2-12-13(8-11)18-15(23)17-12/h1-2,8,10,21H,3-7,9,16H2,(H2,17,18,23). The van der Waals surface area contributed by atoms with Gasteiger partial charge in [-0.25, -0.2) is 13.2 Å². The van der Waals surface area contributed by atoms with E-state index in [2.05, 4.69) is 9.97 Å². The van der Waals surface area contributed by atoms with Gasteiger partial charge in [0.25, 0.3) is 0 Å². The lowest BCUT2D eigenvalue weighted by Gasteiger charge is -2.34. The van der Waals surface area contributed by atoms with E-state index in [1.54, 1.807) is 0 Å². The third kappa shape index (κ3) is 3.65. The Labute approximate surface area is 149 Å². The molecule has 1 fully saturated rings. The van der Waals surface area contributed by atoms with Crippen LogP contribution in [0.1, 0.15) is 6.42 Å². The first kappa shape index (κ1) is 18.6. The SMILES string of the molecule is NCC(O)CC(=O)N1CCN(S(=O)(=O)c2ccc3[nH]c(=O)[nH]c3c2)CC1. The number of aromatic nitrogens is 2. The minimum absolute atomic E-state index is 0.00378. The van der Waals surface area contributed by atoms with Crippen LogP contribution < -0.4 is 11.4 Å². The Morgan fingerprint density at radius 3 is 2.50 bits per heavy atom. The Balaban J connectivity index is 1.71. The second-order valence-corrected chi connectivity index (χ2v) is 8.10. The van der Waals surface area contributed by atoms with Crippen molar-refractivity contribution in [1.29, 1.82) is 0 Å². The van der Waals surface area contributed by atoms with E-state index in [0.717, 1.165) is 0 Å². The van der Waals surface area contributed by atoms with Gasteiger partial charge in [0.1, 0.15) is 0 Å². The largest absolute Gasteiger partial charge is 0.391 e. The third-order valence-electron chi connectivity index (χ3n) is 4.40. The molecule has 1 aromatic heterocycles. The number of rotatable bonds is 5. The second-order valence-electron chi connectivity index (χ2n) is 6.17. The van der Waals surface area contributed by atoms with E-state index in [9.17, 15) is 23.1 Å². The number of hydrogen-bond acceptors (Lipinski definition) is 6. The first-order valence-corrected chi connectivity index (χ1v) is 9.63. The molecular weight excluding hydrogens is 362 g/mol. The van der Waals surface area contributed by atoms with Crippen LogP contribution in [0.4, 0.5) is 0 Å². The van der Waals surface area contributed by atoms with Gasteiger partial charge in [-0.3, -0.25) is 4.79 Å². The van der Waals surface area contributed by atoms with Crippen molar-refractivity contribution in [2.24, 2.45) is 5.73 Å². The molecule has 1 aliphatic heterocycles. The number of carbonyl (C=O) groups excluding carboxylic acids is 1. The molecule has 11 heteroatoms. The molecule has 142 valence electrons. The molecule has 0 saturated carbocycles. The molecule has 1 atom stereocenters.